The lowest BCUT2D eigenvalue weighted by Gasteiger charge is -2.26. The summed E-state index contributed by atoms with van der Waals surface area (Å²) in [5.74, 6) is 2.01. The molecule has 2 N–H and O–H groups in total. The number of alkyl halides is 2. The lowest BCUT2D eigenvalue weighted by Crippen LogP contribution is -2.39. The largest absolute Gasteiger partial charge is 0.493 e. The van der Waals surface area contributed by atoms with Crippen molar-refractivity contribution in [3.8, 4) is 11.5 Å². The molecule has 0 amide bonds. The molecule has 0 radical (unpaired) electrons. The number of ether oxygens (including phenoxy) is 2. The van der Waals surface area contributed by atoms with E-state index >= 15 is 0 Å². The first-order valence-electron chi connectivity index (χ1n) is 8.86. The normalized spacial score (nSPS) is 16.4. The van der Waals surface area contributed by atoms with Gasteiger partial charge >= 0.3 is 6.61 Å². The third kappa shape index (κ3) is 5.09. The number of hydrogen-bond acceptors (Lipinski definition) is 3. The van der Waals surface area contributed by atoms with Crippen molar-refractivity contribution >= 4 is 5.96 Å². The second-order valence-electron chi connectivity index (χ2n) is 6.16. The van der Waals surface area contributed by atoms with Crippen LogP contribution in [0.2, 0.25) is 0 Å². The van der Waals surface area contributed by atoms with Gasteiger partial charge in [-0.1, -0.05) is 36.4 Å². The maximum atomic E-state index is 12.5. The minimum Gasteiger partial charge on any atom is -0.493 e. The Kier molecular flexibility index (Phi) is 6.46. The summed E-state index contributed by atoms with van der Waals surface area (Å²) in [7, 11) is 1.68. The summed E-state index contributed by atoms with van der Waals surface area (Å²) in [4.78, 5) is 4.21. The summed E-state index contributed by atoms with van der Waals surface area (Å²) in [6, 6.07) is 14.7. The van der Waals surface area contributed by atoms with Crippen LogP contribution in [0.1, 0.15) is 23.5 Å². The number of para-hydroxylation sites is 2. The molecule has 7 heteroatoms. The maximum absolute atomic E-state index is 12.5. The summed E-state index contributed by atoms with van der Waals surface area (Å²) in [6.45, 7) is -1.13. The van der Waals surface area contributed by atoms with E-state index in [1.54, 1.807) is 25.2 Å². The Morgan fingerprint density at radius 3 is 2.78 bits per heavy atom. The topological polar surface area (TPSA) is 54.9 Å². The molecular formula is C20H23F2N3O2. The molecule has 0 saturated heterocycles. The van der Waals surface area contributed by atoms with Crippen molar-refractivity contribution in [2.24, 2.45) is 4.99 Å². The first-order chi connectivity index (χ1) is 13.2. The fourth-order valence-corrected chi connectivity index (χ4v) is 3.11. The smallest absolute Gasteiger partial charge is 0.387 e. The minimum atomic E-state index is -2.85. The van der Waals surface area contributed by atoms with E-state index in [0.717, 1.165) is 12.2 Å². The lowest BCUT2D eigenvalue weighted by atomic mass is 9.93. The van der Waals surface area contributed by atoms with Crippen LogP contribution in [0.4, 0.5) is 8.78 Å². The molecule has 0 bridgehead atoms. The van der Waals surface area contributed by atoms with Gasteiger partial charge < -0.3 is 20.1 Å². The van der Waals surface area contributed by atoms with E-state index in [1.165, 1.54) is 11.6 Å². The number of nitrogens with one attached hydrogen (secondary N) is 2. The predicted molar refractivity (Wildman–Crippen MR) is 101 cm³/mol. The van der Waals surface area contributed by atoms with Crippen LogP contribution in [-0.2, 0) is 6.54 Å². The van der Waals surface area contributed by atoms with Crippen LogP contribution < -0.4 is 20.1 Å². The molecule has 0 saturated carbocycles. The predicted octanol–water partition coefficient (Wildman–Crippen LogP) is 3.52. The molecule has 27 heavy (non-hydrogen) atoms. The zero-order valence-corrected chi connectivity index (χ0v) is 15.1. The van der Waals surface area contributed by atoms with E-state index in [9.17, 15) is 8.78 Å². The molecule has 0 spiro atoms. The van der Waals surface area contributed by atoms with E-state index in [2.05, 4.69) is 26.4 Å². The van der Waals surface area contributed by atoms with Gasteiger partial charge in [0.2, 0.25) is 0 Å². The molecule has 2 aromatic carbocycles. The van der Waals surface area contributed by atoms with Crippen LogP contribution in [0.3, 0.4) is 0 Å². The van der Waals surface area contributed by atoms with Crippen molar-refractivity contribution in [2.45, 2.75) is 25.5 Å². The van der Waals surface area contributed by atoms with Gasteiger partial charge in [0.05, 0.1) is 6.61 Å². The zero-order valence-electron chi connectivity index (χ0n) is 15.1. The van der Waals surface area contributed by atoms with Crippen molar-refractivity contribution in [3.63, 3.8) is 0 Å². The SMILES string of the molecule is CN=C(NCc1ccccc1OC(F)F)NCC1CCOc2ccccc21. The van der Waals surface area contributed by atoms with Gasteiger partial charge in [0.1, 0.15) is 11.5 Å². The maximum Gasteiger partial charge on any atom is 0.387 e. The second-order valence-corrected chi connectivity index (χ2v) is 6.16. The van der Waals surface area contributed by atoms with E-state index in [-0.39, 0.29) is 5.75 Å². The van der Waals surface area contributed by atoms with Gasteiger partial charge in [-0.05, 0) is 24.1 Å². The van der Waals surface area contributed by atoms with Gasteiger partial charge in [-0.2, -0.15) is 8.78 Å². The summed E-state index contributed by atoms with van der Waals surface area (Å²) >= 11 is 0. The number of halogens is 2. The fraction of sp³-hybridized carbons (Fsp3) is 0.350. The van der Waals surface area contributed by atoms with Gasteiger partial charge in [-0.25, -0.2) is 0 Å². The van der Waals surface area contributed by atoms with Crippen molar-refractivity contribution < 1.29 is 18.3 Å². The molecule has 1 heterocycles. The number of benzene rings is 2. The molecule has 0 fully saturated rings. The molecule has 1 aliphatic rings. The molecule has 2 aromatic rings. The highest BCUT2D eigenvalue weighted by Crippen LogP contribution is 2.32. The Morgan fingerprint density at radius 2 is 1.96 bits per heavy atom. The first-order valence-corrected chi connectivity index (χ1v) is 8.86. The average molecular weight is 375 g/mol. The van der Waals surface area contributed by atoms with Crippen LogP contribution in [0, 0.1) is 0 Å². The molecule has 1 atom stereocenters. The molecule has 1 unspecified atom stereocenters. The summed E-state index contributed by atoms with van der Waals surface area (Å²) in [5.41, 5.74) is 1.82. The third-order valence-corrected chi connectivity index (χ3v) is 4.46. The average Bonchev–Trinajstić information content (AvgIpc) is 2.69. The monoisotopic (exact) mass is 375 g/mol. The Labute approximate surface area is 157 Å². The number of fused-ring (bicyclic) bond motifs is 1. The van der Waals surface area contributed by atoms with Crippen molar-refractivity contribution in [2.75, 3.05) is 20.2 Å². The van der Waals surface area contributed by atoms with Crippen LogP contribution >= 0.6 is 0 Å². The summed E-state index contributed by atoms with van der Waals surface area (Å²) in [5, 5.41) is 6.45. The van der Waals surface area contributed by atoms with Gasteiger partial charge in [-0.15, -0.1) is 0 Å². The quantitative estimate of drug-likeness (QED) is 0.599. The van der Waals surface area contributed by atoms with E-state index in [0.29, 0.717) is 37.1 Å². The highest BCUT2D eigenvalue weighted by Gasteiger charge is 2.21. The van der Waals surface area contributed by atoms with E-state index in [1.807, 2.05) is 18.2 Å². The summed E-state index contributed by atoms with van der Waals surface area (Å²) < 4.78 is 35.3. The lowest BCUT2D eigenvalue weighted by molar-refractivity contribution is -0.0504. The standard InChI is InChI=1S/C20H23F2N3O2/c1-23-20(25-13-15-6-2-4-8-17(15)27-19(21)22)24-12-14-10-11-26-18-9-5-3-7-16(14)18/h2-9,14,19H,10-13H2,1H3,(H2,23,24,25). The molecule has 5 nitrogen and oxygen atoms in total. The van der Waals surface area contributed by atoms with Crippen molar-refractivity contribution in [1.29, 1.82) is 0 Å². The number of hydrogen-bond donors (Lipinski definition) is 2. The Hall–Kier alpha value is -2.83. The van der Waals surface area contributed by atoms with E-state index < -0.39 is 6.61 Å². The first kappa shape index (κ1) is 18.9. The molecule has 144 valence electrons. The minimum absolute atomic E-state index is 0.161. The molecular weight excluding hydrogens is 352 g/mol. The van der Waals surface area contributed by atoms with Gasteiger partial charge in [0.25, 0.3) is 0 Å². The van der Waals surface area contributed by atoms with Gasteiger partial charge in [0, 0.05) is 31.6 Å². The summed E-state index contributed by atoms with van der Waals surface area (Å²) in [6.07, 6.45) is 0.923. The van der Waals surface area contributed by atoms with Gasteiger partial charge in [0.15, 0.2) is 5.96 Å². The highest BCUT2D eigenvalue weighted by molar-refractivity contribution is 5.79. The number of guanidine groups is 1. The molecule has 1 aliphatic heterocycles. The molecule has 0 aromatic heterocycles. The number of rotatable bonds is 6. The Morgan fingerprint density at radius 1 is 1.19 bits per heavy atom. The number of nitrogens with zero attached hydrogens (tertiary/aromatic N) is 1. The molecule has 3 rings (SSSR count). The second kappa shape index (κ2) is 9.21. The van der Waals surface area contributed by atoms with Crippen LogP contribution in [0.25, 0.3) is 0 Å². The van der Waals surface area contributed by atoms with E-state index in [4.69, 9.17) is 4.74 Å². The fourth-order valence-electron chi connectivity index (χ4n) is 3.11. The molecule has 0 aliphatic carbocycles. The van der Waals surface area contributed by atoms with Crippen molar-refractivity contribution in [1.82, 2.24) is 10.6 Å². The van der Waals surface area contributed by atoms with Gasteiger partial charge in [-0.3, -0.25) is 4.99 Å². The Balaban J connectivity index is 1.57. The number of aliphatic imine (C=N–C) groups is 1. The third-order valence-electron chi connectivity index (χ3n) is 4.46. The van der Waals surface area contributed by atoms with Crippen LogP contribution in [0.5, 0.6) is 11.5 Å². The zero-order chi connectivity index (χ0) is 19.1. The highest BCUT2D eigenvalue weighted by atomic mass is 19.3. The van der Waals surface area contributed by atoms with Crippen molar-refractivity contribution in [3.05, 3.63) is 59.7 Å². The van der Waals surface area contributed by atoms with Crippen LogP contribution in [0.15, 0.2) is 53.5 Å². The Bertz CT molecular complexity index is 783. The van der Waals surface area contributed by atoms with Crippen LogP contribution in [-0.4, -0.2) is 32.8 Å².